The van der Waals surface area contributed by atoms with Crippen LogP contribution in [0.1, 0.15) is 6.92 Å². The molecule has 1 aromatic heterocycles. The molecule has 1 aromatic rings. The second-order valence-electron chi connectivity index (χ2n) is 4.46. The van der Waals surface area contributed by atoms with Crippen molar-refractivity contribution in [1.82, 2.24) is 10.3 Å². The number of nitrogens with one attached hydrogen (secondary N) is 2. The molecule has 3 amide bonds. The summed E-state index contributed by atoms with van der Waals surface area (Å²) in [7, 11) is 0. The zero-order chi connectivity index (χ0) is 17.6. The van der Waals surface area contributed by atoms with Crippen molar-refractivity contribution >= 4 is 17.6 Å². The summed E-state index contributed by atoms with van der Waals surface area (Å²) in [6.45, 7) is -0.0757. The van der Waals surface area contributed by atoms with Crippen LogP contribution in [0, 0.1) is 0 Å². The first kappa shape index (κ1) is 18.5. The zero-order valence-corrected chi connectivity index (χ0v) is 11.9. The zero-order valence-electron chi connectivity index (χ0n) is 11.9. The summed E-state index contributed by atoms with van der Waals surface area (Å²) < 4.78 is 53.8. The molecule has 1 atom stereocenters. The molecule has 0 saturated heterocycles. The van der Waals surface area contributed by atoms with Crippen LogP contribution in [0.5, 0.6) is 5.88 Å². The molecule has 23 heavy (non-hydrogen) atoms. The Morgan fingerprint density at radius 2 is 2.04 bits per heavy atom. The molecule has 4 N–H and O–H groups in total. The minimum absolute atomic E-state index is 0.287. The van der Waals surface area contributed by atoms with E-state index in [2.05, 4.69) is 15.0 Å². The number of hydrogen-bond donors (Lipinski definition) is 3. The van der Waals surface area contributed by atoms with Crippen molar-refractivity contribution in [2.75, 3.05) is 11.9 Å². The van der Waals surface area contributed by atoms with Gasteiger partial charge in [-0.3, -0.25) is 10.1 Å². The number of carbonyl (C=O) groups excluding carboxylic acids is 2. The third-order valence-corrected chi connectivity index (χ3v) is 2.49. The highest BCUT2D eigenvalue weighted by molar-refractivity contribution is 5.97. The molecule has 11 heteroatoms. The van der Waals surface area contributed by atoms with E-state index in [1.165, 1.54) is 13.0 Å². The smallest absolute Gasteiger partial charge is 0.340 e. The number of nitrogens with two attached hydrogens (primary N) is 1. The third kappa shape index (κ3) is 5.96. The molecule has 7 nitrogen and oxygen atoms in total. The predicted molar refractivity (Wildman–Crippen MR) is 71.5 cm³/mol. The van der Waals surface area contributed by atoms with E-state index in [0.717, 1.165) is 12.3 Å². The van der Waals surface area contributed by atoms with Crippen molar-refractivity contribution in [2.45, 2.75) is 25.3 Å². The highest BCUT2D eigenvalue weighted by atomic mass is 19.3. The Labute approximate surface area is 128 Å². The minimum Gasteiger partial charge on any atom is -0.471 e. The number of hydrogen-bond acceptors (Lipinski definition) is 5. The number of ether oxygens (including phenoxy) is 1. The molecule has 128 valence electrons. The van der Waals surface area contributed by atoms with Crippen LogP contribution in [0.15, 0.2) is 18.3 Å². The lowest BCUT2D eigenvalue weighted by molar-refractivity contribution is -0.148. The molecular formula is C12H14F4N4O3. The second kappa shape index (κ2) is 7.61. The van der Waals surface area contributed by atoms with Crippen LogP contribution < -0.4 is 21.1 Å². The number of pyridine rings is 1. The molecular weight excluding hydrogens is 324 g/mol. The average molecular weight is 338 g/mol. The van der Waals surface area contributed by atoms with E-state index in [0.29, 0.717) is 5.69 Å². The summed E-state index contributed by atoms with van der Waals surface area (Å²) in [5.74, 6) is -5.25. The molecule has 0 fully saturated rings. The van der Waals surface area contributed by atoms with Gasteiger partial charge in [0.1, 0.15) is 6.04 Å². The Balaban J connectivity index is 2.56. The van der Waals surface area contributed by atoms with Gasteiger partial charge >= 0.3 is 18.4 Å². The van der Waals surface area contributed by atoms with Gasteiger partial charge in [0.05, 0.1) is 11.9 Å². The van der Waals surface area contributed by atoms with Crippen LogP contribution in [0.2, 0.25) is 0 Å². The van der Waals surface area contributed by atoms with Gasteiger partial charge < -0.3 is 15.8 Å². The first-order valence-electron chi connectivity index (χ1n) is 6.23. The van der Waals surface area contributed by atoms with Crippen molar-refractivity contribution < 1.29 is 31.9 Å². The van der Waals surface area contributed by atoms with Gasteiger partial charge in [0, 0.05) is 6.07 Å². The summed E-state index contributed by atoms with van der Waals surface area (Å²) in [6.07, 6.45) is -2.70. The van der Waals surface area contributed by atoms with Crippen molar-refractivity contribution in [3.05, 3.63) is 18.3 Å². The average Bonchev–Trinajstić information content (AvgIpc) is 2.45. The second-order valence-corrected chi connectivity index (χ2v) is 4.46. The highest BCUT2D eigenvalue weighted by Gasteiger charge is 2.41. The van der Waals surface area contributed by atoms with E-state index in [1.807, 2.05) is 5.32 Å². The lowest BCUT2D eigenvalue weighted by atomic mass is 10.3. The number of urea groups is 1. The molecule has 0 aliphatic rings. The Hall–Kier alpha value is -2.59. The Morgan fingerprint density at radius 3 is 2.52 bits per heavy atom. The SMILES string of the molecule is C[C@H](Nc1ccc(OCC(F)(F)C(F)F)nc1)C(=O)NC(N)=O. The van der Waals surface area contributed by atoms with E-state index in [1.54, 1.807) is 0 Å². The first-order valence-corrected chi connectivity index (χ1v) is 6.23. The summed E-state index contributed by atoms with van der Waals surface area (Å²) in [5, 5.41) is 4.52. The lowest BCUT2D eigenvalue weighted by Crippen LogP contribution is -2.43. The molecule has 0 aliphatic heterocycles. The standard InChI is InChI=1S/C12H14F4N4O3/c1-6(9(21)20-11(17)22)19-7-2-3-8(18-4-7)23-5-12(15,16)10(13)14/h2-4,6,10,19H,5H2,1H3,(H3,17,20,21,22)/t6-/m0/s1. The van der Waals surface area contributed by atoms with Gasteiger partial charge in [0.15, 0.2) is 6.61 Å². The molecule has 0 bridgehead atoms. The fourth-order valence-corrected chi connectivity index (χ4v) is 1.33. The fraction of sp³-hybridized carbons (Fsp3) is 0.417. The topological polar surface area (TPSA) is 106 Å². The molecule has 0 spiro atoms. The van der Waals surface area contributed by atoms with E-state index >= 15 is 0 Å². The normalized spacial score (nSPS) is 12.6. The van der Waals surface area contributed by atoms with Crippen LogP contribution in [0.3, 0.4) is 0 Å². The summed E-state index contributed by atoms with van der Waals surface area (Å²) in [6, 6.07) is 0.643. The van der Waals surface area contributed by atoms with Crippen molar-refractivity contribution in [3.8, 4) is 5.88 Å². The maximum Gasteiger partial charge on any atom is 0.340 e. The number of amides is 3. The maximum absolute atomic E-state index is 12.7. The monoisotopic (exact) mass is 338 g/mol. The first-order chi connectivity index (χ1) is 10.6. The van der Waals surface area contributed by atoms with E-state index in [4.69, 9.17) is 5.73 Å². The van der Waals surface area contributed by atoms with E-state index in [-0.39, 0.29) is 5.88 Å². The van der Waals surface area contributed by atoms with Gasteiger partial charge in [0.25, 0.3) is 0 Å². The quantitative estimate of drug-likeness (QED) is 0.651. The number of alkyl halides is 4. The number of carbonyl (C=O) groups is 2. The number of primary amides is 1. The van der Waals surface area contributed by atoms with E-state index < -0.39 is 36.9 Å². The molecule has 0 saturated carbocycles. The number of anilines is 1. The minimum atomic E-state index is -4.28. The number of nitrogens with zero attached hydrogens (tertiary/aromatic N) is 1. The van der Waals surface area contributed by atoms with Crippen molar-refractivity contribution in [2.24, 2.45) is 5.73 Å². The molecule has 0 unspecified atom stereocenters. The summed E-state index contributed by atoms with van der Waals surface area (Å²) in [5.41, 5.74) is 5.10. The van der Waals surface area contributed by atoms with Gasteiger partial charge in [-0.05, 0) is 13.0 Å². The number of rotatable bonds is 7. The molecule has 1 heterocycles. The number of halogens is 4. The summed E-state index contributed by atoms with van der Waals surface area (Å²) in [4.78, 5) is 25.6. The third-order valence-electron chi connectivity index (χ3n) is 2.49. The van der Waals surface area contributed by atoms with Crippen molar-refractivity contribution in [1.29, 1.82) is 0 Å². The summed E-state index contributed by atoms with van der Waals surface area (Å²) >= 11 is 0. The molecule has 0 aliphatic carbocycles. The molecule has 0 aromatic carbocycles. The Bertz CT molecular complexity index is 554. The Morgan fingerprint density at radius 1 is 1.39 bits per heavy atom. The predicted octanol–water partition coefficient (Wildman–Crippen LogP) is 1.36. The largest absolute Gasteiger partial charge is 0.471 e. The lowest BCUT2D eigenvalue weighted by Gasteiger charge is -2.16. The van der Waals surface area contributed by atoms with Gasteiger partial charge in [-0.1, -0.05) is 0 Å². The Kier molecular flexibility index (Phi) is 6.10. The van der Waals surface area contributed by atoms with Gasteiger partial charge in [0.2, 0.25) is 11.8 Å². The van der Waals surface area contributed by atoms with Crippen molar-refractivity contribution in [3.63, 3.8) is 0 Å². The van der Waals surface area contributed by atoms with Gasteiger partial charge in [-0.25, -0.2) is 18.6 Å². The number of aromatic nitrogens is 1. The van der Waals surface area contributed by atoms with Crippen LogP contribution in [0.25, 0.3) is 0 Å². The van der Waals surface area contributed by atoms with Crippen LogP contribution in [0.4, 0.5) is 28.0 Å². The van der Waals surface area contributed by atoms with Crippen LogP contribution in [-0.4, -0.2) is 41.9 Å². The van der Waals surface area contributed by atoms with Gasteiger partial charge in [-0.2, -0.15) is 8.78 Å². The number of imide groups is 1. The van der Waals surface area contributed by atoms with Gasteiger partial charge in [-0.15, -0.1) is 0 Å². The van der Waals surface area contributed by atoms with E-state index in [9.17, 15) is 27.2 Å². The highest BCUT2D eigenvalue weighted by Crippen LogP contribution is 2.24. The fourth-order valence-electron chi connectivity index (χ4n) is 1.33. The molecule has 0 radical (unpaired) electrons. The molecule has 1 rings (SSSR count). The maximum atomic E-state index is 12.7. The van der Waals surface area contributed by atoms with Crippen LogP contribution >= 0.6 is 0 Å². The van der Waals surface area contributed by atoms with Crippen LogP contribution in [-0.2, 0) is 4.79 Å².